The lowest BCUT2D eigenvalue weighted by Crippen LogP contribution is -2.33. The number of nitrogens with zero attached hydrogens (tertiary/aromatic N) is 1. The van der Waals surface area contributed by atoms with Crippen molar-refractivity contribution in [1.29, 1.82) is 0 Å². The van der Waals surface area contributed by atoms with Crippen molar-refractivity contribution in [3.05, 3.63) is 30.1 Å². The van der Waals surface area contributed by atoms with Gasteiger partial charge in [0, 0.05) is 19.0 Å². The van der Waals surface area contributed by atoms with E-state index in [2.05, 4.69) is 30.2 Å². The normalized spacial score (nSPS) is 14.7. The van der Waals surface area contributed by atoms with Crippen molar-refractivity contribution in [2.24, 2.45) is 0 Å². The maximum absolute atomic E-state index is 5.77. The zero-order chi connectivity index (χ0) is 11.8. The molecule has 1 N–H and O–H groups in total. The van der Waals surface area contributed by atoms with Crippen LogP contribution in [0.3, 0.4) is 0 Å². The van der Waals surface area contributed by atoms with E-state index in [1.165, 1.54) is 5.56 Å². The molecule has 1 aromatic heterocycles. The number of likely N-dealkylation sites (N-methyl/N-ethyl adjacent to an activating group) is 1. The lowest BCUT2D eigenvalue weighted by Gasteiger charge is -2.27. The maximum Gasteiger partial charge on any atom is 0.0767 e. The second kappa shape index (κ2) is 7.36. The third-order valence-electron chi connectivity index (χ3n) is 2.62. The molecular formula is C13H22N2O. The predicted molar refractivity (Wildman–Crippen MR) is 66.4 cm³/mol. The Morgan fingerprint density at radius 1 is 1.38 bits per heavy atom. The highest BCUT2D eigenvalue weighted by molar-refractivity contribution is 5.15. The van der Waals surface area contributed by atoms with Crippen LogP contribution >= 0.6 is 0 Å². The van der Waals surface area contributed by atoms with Crippen LogP contribution in [0.2, 0.25) is 0 Å². The van der Waals surface area contributed by atoms with Gasteiger partial charge in [-0.2, -0.15) is 0 Å². The Kier molecular flexibility index (Phi) is 6.04. The first kappa shape index (κ1) is 13.1. The standard InChI is InChI=1S/C13H22N2O/c1-4-12(16-6-3)13(15-5-2)11-8-7-9-14-10-11/h7-10,12-13,15H,4-6H2,1-3H3. The summed E-state index contributed by atoms with van der Waals surface area (Å²) in [7, 11) is 0. The summed E-state index contributed by atoms with van der Waals surface area (Å²) in [5.41, 5.74) is 1.20. The van der Waals surface area contributed by atoms with Crippen molar-refractivity contribution in [2.75, 3.05) is 13.2 Å². The molecule has 0 aliphatic heterocycles. The molecule has 1 aromatic rings. The molecule has 0 aliphatic rings. The first-order valence-electron chi connectivity index (χ1n) is 6.08. The Labute approximate surface area is 98.2 Å². The fourth-order valence-electron chi connectivity index (χ4n) is 1.91. The molecule has 0 aromatic carbocycles. The van der Waals surface area contributed by atoms with E-state index in [0.717, 1.165) is 19.6 Å². The third kappa shape index (κ3) is 3.58. The summed E-state index contributed by atoms with van der Waals surface area (Å²) in [6.45, 7) is 7.99. The summed E-state index contributed by atoms with van der Waals surface area (Å²) < 4.78 is 5.77. The number of pyridine rings is 1. The molecule has 90 valence electrons. The van der Waals surface area contributed by atoms with Gasteiger partial charge in [0.15, 0.2) is 0 Å². The maximum atomic E-state index is 5.77. The van der Waals surface area contributed by atoms with Crippen LogP contribution in [0.4, 0.5) is 0 Å². The lowest BCUT2D eigenvalue weighted by molar-refractivity contribution is 0.0317. The van der Waals surface area contributed by atoms with Crippen molar-refractivity contribution in [2.45, 2.75) is 39.3 Å². The monoisotopic (exact) mass is 222 g/mol. The molecule has 3 nitrogen and oxygen atoms in total. The molecule has 16 heavy (non-hydrogen) atoms. The number of hydrogen-bond donors (Lipinski definition) is 1. The van der Waals surface area contributed by atoms with Gasteiger partial charge in [-0.05, 0) is 31.5 Å². The van der Waals surface area contributed by atoms with E-state index < -0.39 is 0 Å². The van der Waals surface area contributed by atoms with Crippen LogP contribution in [0.1, 0.15) is 38.8 Å². The van der Waals surface area contributed by atoms with Gasteiger partial charge in [-0.15, -0.1) is 0 Å². The lowest BCUT2D eigenvalue weighted by atomic mass is 10.0. The quantitative estimate of drug-likeness (QED) is 0.770. The highest BCUT2D eigenvalue weighted by Crippen LogP contribution is 2.20. The second-order valence-corrected chi connectivity index (χ2v) is 3.72. The fraction of sp³-hybridized carbons (Fsp3) is 0.615. The first-order valence-corrected chi connectivity index (χ1v) is 6.08. The van der Waals surface area contributed by atoms with Gasteiger partial charge < -0.3 is 10.1 Å². The first-order chi connectivity index (χ1) is 7.83. The minimum absolute atomic E-state index is 0.217. The average Bonchev–Trinajstić information content (AvgIpc) is 2.35. The Morgan fingerprint density at radius 3 is 2.69 bits per heavy atom. The molecule has 0 saturated carbocycles. The van der Waals surface area contributed by atoms with E-state index in [-0.39, 0.29) is 12.1 Å². The molecule has 1 heterocycles. The van der Waals surface area contributed by atoms with Crippen LogP contribution < -0.4 is 5.32 Å². The van der Waals surface area contributed by atoms with E-state index in [9.17, 15) is 0 Å². The van der Waals surface area contributed by atoms with E-state index in [0.29, 0.717) is 0 Å². The van der Waals surface area contributed by atoms with E-state index in [4.69, 9.17) is 4.74 Å². The molecule has 2 unspecified atom stereocenters. The summed E-state index contributed by atoms with van der Waals surface area (Å²) in [4.78, 5) is 4.17. The number of nitrogens with one attached hydrogen (secondary N) is 1. The third-order valence-corrected chi connectivity index (χ3v) is 2.62. The minimum Gasteiger partial charge on any atom is -0.377 e. The van der Waals surface area contributed by atoms with Gasteiger partial charge in [-0.25, -0.2) is 0 Å². The van der Waals surface area contributed by atoms with Crippen LogP contribution in [0.15, 0.2) is 24.5 Å². The molecule has 0 saturated heterocycles. The molecule has 3 heteroatoms. The van der Waals surface area contributed by atoms with Gasteiger partial charge in [-0.3, -0.25) is 4.98 Å². The zero-order valence-corrected chi connectivity index (χ0v) is 10.4. The summed E-state index contributed by atoms with van der Waals surface area (Å²) >= 11 is 0. The van der Waals surface area contributed by atoms with E-state index in [1.54, 1.807) is 6.20 Å². The predicted octanol–water partition coefficient (Wildman–Crippen LogP) is 2.55. The Bertz CT molecular complexity index is 277. The van der Waals surface area contributed by atoms with Crippen molar-refractivity contribution in [3.8, 4) is 0 Å². The summed E-state index contributed by atoms with van der Waals surface area (Å²) in [5, 5.41) is 3.47. The van der Waals surface area contributed by atoms with Crippen molar-refractivity contribution >= 4 is 0 Å². The highest BCUT2D eigenvalue weighted by atomic mass is 16.5. The smallest absolute Gasteiger partial charge is 0.0767 e. The van der Waals surface area contributed by atoms with Gasteiger partial charge in [0.2, 0.25) is 0 Å². The van der Waals surface area contributed by atoms with E-state index >= 15 is 0 Å². The highest BCUT2D eigenvalue weighted by Gasteiger charge is 2.21. The van der Waals surface area contributed by atoms with Gasteiger partial charge in [-0.1, -0.05) is 19.9 Å². The molecule has 0 bridgehead atoms. The SMILES string of the molecule is CCNC(c1cccnc1)C(CC)OCC. The van der Waals surface area contributed by atoms with Crippen LogP contribution in [0.5, 0.6) is 0 Å². The molecule has 2 atom stereocenters. The summed E-state index contributed by atoms with van der Waals surface area (Å²) in [5.74, 6) is 0. The number of aromatic nitrogens is 1. The zero-order valence-electron chi connectivity index (χ0n) is 10.4. The van der Waals surface area contributed by atoms with Gasteiger partial charge >= 0.3 is 0 Å². The number of hydrogen-bond acceptors (Lipinski definition) is 3. The average molecular weight is 222 g/mol. The Balaban J connectivity index is 2.80. The Hall–Kier alpha value is -0.930. The molecule has 1 rings (SSSR count). The number of rotatable bonds is 7. The molecule has 0 radical (unpaired) electrons. The van der Waals surface area contributed by atoms with Crippen LogP contribution in [0, 0.1) is 0 Å². The minimum atomic E-state index is 0.217. The Morgan fingerprint density at radius 2 is 2.19 bits per heavy atom. The molecule has 0 spiro atoms. The number of ether oxygens (including phenoxy) is 1. The second-order valence-electron chi connectivity index (χ2n) is 3.72. The van der Waals surface area contributed by atoms with Crippen LogP contribution in [-0.2, 0) is 4.74 Å². The summed E-state index contributed by atoms with van der Waals surface area (Å²) in [6, 6.07) is 4.31. The molecule has 0 aliphatic carbocycles. The van der Waals surface area contributed by atoms with Crippen molar-refractivity contribution in [1.82, 2.24) is 10.3 Å². The fourth-order valence-corrected chi connectivity index (χ4v) is 1.91. The van der Waals surface area contributed by atoms with Gasteiger partial charge in [0.05, 0.1) is 12.1 Å². The summed E-state index contributed by atoms with van der Waals surface area (Å²) in [6.07, 6.45) is 4.93. The van der Waals surface area contributed by atoms with Crippen molar-refractivity contribution in [3.63, 3.8) is 0 Å². The molecular weight excluding hydrogens is 200 g/mol. The van der Waals surface area contributed by atoms with Crippen LogP contribution in [-0.4, -0.2) is 24.2 Å². The van der Waals surface area contributed by atoms with E-state index in [1.807, 2.05) is 19.2 Å². The van der Waals surface area contributed by atoms with Gasteiger partial charge in [0.25, 0.3) is 0 Å². The van der Waals surface area contributed by atoms with Crippen LogP contribution in [0.25, 0.3) is 0 Å². The largest absolute Gasteiger partial charge is 0.377 e. The topological polar surface area (TPSA) is 34.2 Å². The van der Waals surface area contributed by atoms with Gasteiger partial charge in [0.1, 0.15) is 0 Å². The van der Waals surface area contributed by atoms with Crippen molar-refractivity contribution < 1.29 is 4.74 Å². The molecule has 0 amide bonds. The molecule has 0 fully saturated rings.